The van der Waals surface area contributed by atoms with Gasteiger partial charge in [0, 0.05) is 37.3 Å². The quantitative estimate of drug-likeness (QED) is 0.743. The highest BCUT2D eigenvalue weighted by Gasteiger charge is 2.17. The third-order valence-electron chi connectivity index (χ3n) is 3.73. The maximum absolute atomic E-state index is 12.4. The second-order valence-corrected chi connectivity index (χ2v) is 5.38. The summed E-state index contributed by atoms with van der Waals surface area (Å²) < 4.78 is 5.28. The van der Waals surface area contributed by atoms with E-state index < -0.39 is 12.0 Å². The Kier molecular flexibility index (Phi) is 5.91. The van der Waals surface area contributed by atoms with Crippen molar-refractivity contribution in [2.75, 3.05) is 38.2 Å². The maximum atomic E-state index is 12.4. The highest BCUT2D eigenvalue weighted by atomic mass is 16.5. The van der Waals surface area contributed by atoms with Crippen molar-refractivity contribution in [2.45, 2.75) is 19.4 Å². The fraction of sp³-hybridized carbons (Fsp3) is 0.500. The summed E-state index contributed by atoms with van der Waals surface area (Å²) >= 11 is 0. The van der Waals surface area contributed by atoms with Crippen molar-refractivity contribution in [1.29, 1.82) is 0 Å². The fourth-order valence-electron chi connectivity index (χ4n) is 2.37. The Labute approximate surface area is 130 Å². The Hall–Kier alpha value is -1.92. The van der Waals surface area contributed by atoms with Gasteiger partial charge in [0.2, 0.25) is 0 Å². The molecule has 0 spiro atoms. The summed E-state index contributed by atoms with van der Waals surface area (Å²) in [6.45, 7) is 5.37. The predicted molar refractivity (Wildman–Crippen MR) is 83.4 cm³/mol. The van der Waals surface area contributed by atoms with Crippen molar-refractivity contribution in [3.63, 3.8) is 0 Å². The molecular weight excluding hydrogens is 284 g/mol. The van der Waals surface area contributed by atoms with Gasteiger partial charge in [-0.25, -0.2) is 0 Å². The summed E-state index contributed by atoms with van der Waals surface area (Å²) in [5.74, 6) is -0.928. The highest BCUT2D eigenvalue weighted by Crippen LogP contribution is 2.18. The van der Waals surface area contributed by atoms with Crippen LogP contribution in [-0.2, 0) is 9.53 Å². The van der Waals surface area contributed by atoms with Crippen LogP contribution >= 0.6 is 0 Å². The van der Waals surface area contributed by atoms with Gasteiger partial charge in [0.05, 0.1) is 13.2 Å². The molecule has 6 nitrogen and oxygen atoms in total. The molecule has 0 bridgehead atoms. The lowest BCUT2D eigenvalue weighted by Crippen LogP contribution is -2.37. The van der Waals surface area contributed by atoms with E-state index in [0.717, 1.165) is 13.1 Å². The lowest BCUT2D eigenvalue weighted by Gasteiger charge is -2.26. The lowest BCUT2D eigenvalue weighted by molar-refractivity contribution is -0.137. The Morgan fingerprint density at radius 2 is 2.00 bits per heavy atom. The van der Waals surface area contributed by atoms with Crippen molar-refractivity contribution in [2.24, 2.45) is 0 Å². The highest BCUT2D eigenvalue weighted by molar-refractivity contribution is 6.01. The van der Waals surface area contributed by atoms with Crippen molar-refractivity contribution in [3.05, 3.63) is 29.8 Å². The van der Waals surface area contributed by atoms with E-state index in [1.54, 1.807) is 31.2 Å². The smallest absolute Gasteiger partial charge is 0.325 e. The largest absolute Gasteiger partial charge is 0.480 e. The molecule has 120 valence electrons. The zero-order valence-electron chi connectivity index (χ0n) is 12.7. The number of ketones is 1. The molecule has 0 amide bonds. The number of rotatable bonds is 7. The number of hydrogen-bond donors (Lipinski definition) is 2. The van der Waals surface area contributed by atoms with E-state index in [1.165, 1.54) is 0 Å². The Bertz CT molecular complexity index is 527. The summed E-state index contributed by atoms with van der Waals surface area (Å²) in [7, 11) is 0. The second-order valence-electron chi connectivity index (χ2n) is 5.38. The summed E-state index contributed by atoms with van der Waals surface area (Å²) in [6, 6.07) is 6.31. The van der Waals surface area contributed by atoms with E-state index in [0.29, 0.717) is 37.4 Å². The molecule has 2 N–H and O–H groups in total. The SMILES string of the molecule is C[C@H](Nc1ccccc1C(=O)CCN1CCOCC1)C(=O)O. The topological polar surface area (TPSA) is 78.9 Å². The number of carboxylic acids is 1. The monoisotopic (exact) mass is 306 g/mol. The Morgan fingerprint density at radius 3 is 2.68 bits per heavy atom. The van der Waals surface area contributed by atoms with E-state index in [1.807, 2.05) is 0 Å². The summed E-state index contributed by atoms with van der Waals surface area (Å²) in [4.78, 5) is 25.6. The van der Waals surface area contributed by atoms with Gasteiger partial charge in [-0.3, -0.25) is 14.5 Å². The molecule has 1 heterocycles. The number of Topliss-reactive ketones (excluding diaryl/α,β-unsaturated/α-hetero) is 1. The van der Waals surface area contributed by atoms with Gasteiger partial charge < -0.3 is 15.2 Å². The van der Waals surface area contributed by atoms with Crippen LogP contribution in [0.15, 0.2) is 24.3 Å². The zero-order chi connectivity index (χ0) is 15.9. The summed E-state index contributed by atoms with van der Waals surface area (Å²) in [6.07, 6.45) is 0.417. The van der Waals surface area contributed by atoms with E-state index >= 15 is 0 Å². The third kappa shape index (κ3) is 4.54. The van der Waals surface area contributed by atoms with Crippen LogP contribution in [0.5, 0.6) is 0 Å². The minimum absolute atomic E-state index is 0.0205. The van der Waals surface area contributed by atoms with Gasteiger partial charge in [-0.05, 0) is 19.1 Å². The van der Waals surface area contributed by atoms with Crippen LogP contribution in [0.25, 0.3) is 0 Å². The molecule has 0 aliphatic carbocycles. The number of morpholine rings is 1. The first-order valence-electron chi connectivity index (χ1n) is 7.49. The number of nitrogens with zero attached hydrogens (tertiary/aromatic N) is 1. The number of carbonyl (C=O) groups excluding carboxylic acids is 1. The molecule has 2 rings (SSSR count). The minimum atomic E-state index is -0.949. The van der Waals surface area contributed by atoms with Gasteiger partial charge >= 0.3 is 5.97 Å². The number of carbonyl (C=O) groups is 2. The number of ether oxygens (including phenoxy) is 1. The number of anilines is 1. The van der Waals surface area contributed by atoms with Gasteiger partial charge in [0.1, 0.15) is 6.04 Å². The van der Waals surface area contributed by atoms with Crippen molar-refractivity contribution < 1.29 is 19.4 Å². The number of aliphatic carboxylic acids is 1. The van der Waals surface area contributed by atoms with Crippen LogP contribution < -0.4 is 5.32 Å². The number of nitrogens with one attached hydrogen (secondary N) is 1. The first-order chi connectivity index (χ1) is 10.6. The molecule has 1 fully saturated rings. The van der Waals surface area contributed by atoms with Crippen LogP contribution in [0.4, 0.5) is 5.69 Å². The van der Waals surface area contributed by atoms with Gasteiger partial charge in [-0.1, -0.05) is 12.1 Å². The molecule has 6 heteroatoms. The Balaban J connectivity index is 1.97. The average Bonchev–Trinajstić information content (AvgIpc) is 2.54. The molecule has 22 heavy (non-hydrogen) atoms. The lowest BCUT2D eigenvalue weighted by atomic mass is 10.0. The minimum Gasteiger partial charge on any atom is -0.480 e. The fourth-order valence-corrected chi connectivity index (χ4v) is 2.37. The predicted octanol–water partition coefficient (Wildman–Crippen LogP) is 1.48. The molecular formula is C16H22N2O4. The summed E-state index contributed by atoms with van der Waals surface area (Å²) in [5, 5.41) is 11.9. The van der Waals surface area contributed by atoms with E-state index in [-0.39, 0.29) is 5.78 Å². The Morgan fingerprint density at radius 1 is 1.32 bits per heavy atom. The molecule has 0 aromatic heterocycles. The van der Waals surface area contributed by atoms with Gasteiger partial charge in [0.25, 0.3) is 0 Å². The molecule has 1 aliphatic heterocycles. The first kappa shape index (κ1) is 16.5. The molecule has 1 aliphatic rings. The van der Waals surface area contributed by atoms with Crippen molar-refractivity contribution >= 4 is 17.4 Å². The van der Waals surface area contributed by atoms with Crippen LogP contribution in [0, 0.1) is 0 Å². The van der Waals surface area contributed by atoms with Crippen LogP contribution in [0.2, 0.25) is 0 Å². The number of hydrogen-bond acceptors (Lipinski definition) is 5. The van der Waals surface area contributed by atoms with Crippen LogP contribution in [0.1, 0.15) is 23.7 Å². The summed E-state index contributed by atoms with van der Waals surface area (Å²) in [5.41, 5.74) is 1.12. The molecule has 1 saturated heterocycles. The van der Waals surface area contributed by atoms with Crippen LogP contribution in [0.3, 0.4) is 0 Å². The zero-order valence-corrected chi connectivity index (χ0v) is 12.7. The van der Waals surface area contributed by atoms with E-state index in [9.17, 15) is 9.59 Å². The maximum Gasteiger partial charge on any atom is 0.325 e. The molecule has 0 radical (unpaired) electrons. The van der Waals surface area contributed by atoms with E-state index in [2.05, 4.69) is 10.2 Å². The second kappa shape index (κ2) is 7.91. The van der Waals surface area contributed by atoms with Crippen LogP contribution in [-0.4, -0.2) is 60.6 Å². The molecule has 1 atom stereocenters. The first-order valence-corrected chi connectivity index (χ1v) is 7.49. The van der Waals surface area contributed by atoms with Gasteiger partial charge in [-0.2, -0.15) is 0 Å². The molecule has 0 saturated carbocycles. The van der Waals surface area contributed by atoms with Gasteiger partial charge in [-0.15, -0.1) is 0 Å². The van der Waals surface area contributed by atoms with Gasteiger partial charge in [0.15, 0.2) is 5.78 Å². The van der Waals surface area contributed by atoms with Crippen molar-refractivity contribution in [1.82, 2.24) is 4.90 Å². The van der Waals surface area contributed by atoms with Crippen molar-refractivity contribution in [3.8, 4) is 0 Å². The third-order valence-corrected chi connectivity index (χ3v) is 3.73. The molecule has 0 unspecified atom stereocenters. The molecule has 1 aromatic carbocycles. The number of carboxylic acid groups (broad SMARTS) is 1. The number of para-hydroxylation sites is 1. The average molecular weight is 306 g/mol. The number of benzene rings is 1. The normalized spacial score (nSPS) is 17.0. The standard InChI is InChI=1S/C16H22N2O4/c1-12(16(20)21)17-14-5-3-2-4-13(14)15(19)6-7-18-8-10-22-11-9-18/h2-5,12,17H,6-11H2,1H3,(H,20,21)/t12-/m0/s1. The van der Waals surface area contributed by atoms with E-state index in [4.69, 9.17) is 9.84 Å². The molecule has 1 aromatic rings.